The number of hydrogen-bond acceptors (Lipinski definition) is 3. The molecule has 7 heteroatoms. The maximum Gasteiger partial charge on any atom is 0.393 e. The fourth-order valence-corrected chi connectivity index (χ4v) is 2.45. The number of carbonyl (C=O) groups is 1. The summed E-state index contributed by atoms with van der Waals surface area (Å²) in [4.78, 5) is 19.7. The van der Waals surface area contributed by atoms with Crippen LogP contribution in [0.15, 0.2) is 12.4 Å². The van der Waals surface area contributed by atoms with Crippen LogP contribution in [0.5, 0.6) is 0 Å². The van der Waals surface area contributed by atoms with Gasteiger partial charge in [-0.15, -0.1) is 0 Å². The maximum atomic E-state index is 12.9. The van der Waals surface area contributed by atoms with Crippen molar-refractivity contribution in [2.24, 2.45) is 5.92 Å². The van der Waals surface area contributed by atoms with Crippen molar-refractivity contribution < 1.29 is 18.0 Å². The van der Waals surface area contributed by atoms with E-state index in [2.05, 4.69) is 15.3 Å². The number of rotatable bonds is 2. The lowest BCUT2D eigenvalue weighted by atomic mass is 9.84. The topological polar surface area (TPSA) is 54.9 Å². The van der Waals surface area contributed by atoms with E-state index in [-0.39, 0.29) is 12.1 Å². The van der Waals surface area contributed by atoms with Gasteiger partial charge in [0.25, 0.3) is 5.91 Å². The Morgan fingerprint density at radius 3 is 2.55 bits per heavy atom. The Morgan fingerprint density at radius 1 is 1.25 bits per heavy atom. The third-order valence-electron chi connectivity index (χ3n) is 3.52. The fourth-order valence-electron chi connectivity index (χ4n) is 2.45. The first-order chi connectivity index (χ1) is 9.38. The number of aromatic nitrogens is 2. The minimum absolute atomic E-state index is 0.0436. The van der Waals surface area contributed by atoms with E-state index in [1.807, 2.05) is 0 Å². The predicted octanol–water partition coefficient (Wildman–Crippen LogP) is 2.64. The molecular formula is C13H16F3N3O. The van der Waals surface area contributed by atoms with Crippen LogP contribution in [0.1, 0.15) is 41.9 Å². The summed E-state index contributed by atoms with van der Waals surface area (Å²) in [5.74, 6) is -2.07. The number of alkyl halides is 3. The average molecular weight is 287 g/mol. The smallest absolute Gasteiger partial charge is 0.347 e. The van der Waals surface area contributed by atoms with Crippen LogP contribution in [0.3, 0.4) is 0 Å². The Morgan fingerprint density at radius 2 is 1.95 bits per heavy atom. The van der Waals surface area contributed by atoms with Gasteiger partial charge in [0.2, 0.25) is 0 Å². The normalized spacial score (nSPS) is 23.4. The summed E-state index contributed by atoms with van der Waals surface area (Å²) < 4.78 is 38.8. The molecule has 2 atom stereocenters. The Kier molecular flexibility index (Phi) is 4.25. The molecule has 0 bridgehead atoms. The molecule has 0 spiro atoms. The van der Waals surface area contributed by atoms with Crippen LogP contribution in [0.2, 0.25) is 0 Å². The van der Waals surface area contributed by atoms with Crippen molar-refractivity contribution in [1.29, 1.82) is 0 Å². The van der Waals surface area contributed by atoms with Gasteiger partial charge in [0.05, 0.1) is 17.8 Å². The van der Waals surface area contributed by atoms with Crippen LogP contribution in [0.4, 0.5) is 13.2 Å². The molecule has 1 fully saturated rings. The predicted molar refractivity (Wildman–Crippen MR) is 66.0 cm³/mol. The SMILES string of the molecule is Cc1cnc(C(=O)N[C@@H]2CCCC[C@H]2C(F)(F)F)cn1. The molecule has 1 saturated carbocycles. The van der Waals surface area contributed by atoms with E-state index in [1.54, 1.807) is 6.92 Å². The van der Waals surface area contributed by atoms with E-state index >= 15 is 0 Å². The van der Waals surface area contributed by atoms with Crippen LogP contribution in [-0.4, -0.2) is 28.1 Å². The highest BCUT2D eigenvalue weighted by molar-refractivity contribution is 5.92. The van der Waals surface area contributed by atoms with Gasteiger partial charge in [0, 0.05) is 12.2 Å². The molecule has 4 nitrogen and oxygen atoms in total. The van der Waals surface area contributed by atoms with E-state index < -0.39 is 24.0 Å². The summed E-state index contributed by atoms with van der Waals surface area (Å²) >= 11 is 0. The highest BCUT2D eigenvalue weighted by atomic mass is 19.4. The van der Waals surface area contributed by atoms with Crippen molar-refractivity contribution in [2.75, 3.05) is 0 Å². The molecule has 1 heterocycles. The van der Waals surface area contributed by atoms with Gasteiger partial charge in [-0.25, -0.2) is 4.98 Å². The second kappa shape index (κ2) is 5.76. The van der Waals surface area contributed by atoms with Gasteiger partial charge >= 0.3 is 6.18 Å². The number of hydrogen-bond donors (Lipinski definition) is 1. The van der Waals surface area contributed by atoms with E-state index in [0.29, 0.717) is 25.0 Å². The summed E-state index contributed by atoms with van der Waals surface area (Å²) in [5, 5.41) is 2.45. The Labute approximate surface area is 114 Å². The maximum absolute atomic E-state index is 12.9. The molecule has 20 heavy (non-hydrogen) atoms. The molecule has 0 saturated heterocycles. The number of halogens is 3. The molecule has 1 aliphatic rings. The molecule has 1 aromatic heterocycles. The van der Waals surface area contributed by atoms with Gasteiger partial charge in [-0.2, -0.15) is 13.2 Å². The summed E-state index contributed by atoms with van der Waals surface area (Å²) in [6, 6.07) is -0.876. The first-order valence-corrected chi connectivity index (χ1v) is 6.54. The van der Waals surface area contributed by atoms with Gasteiger partial charge in [-0.3, -0.25) is 9.78 Å². The molecule has 0 aliphatic heterocycles. The number of nitrogens with one attached hydrogen (secondary N) is 1. The van der Waals surface area contributed by atoms with Crippen molar-refractivity contribution in [3.05, 3.63) is 23.8 Å². The third kappa shape index (κ3) is 3.46. The lowest BCUT2D eigenvalue weighted by Crippen LogP contribution is -2.47. The summed E-state index contributed by atoms with van der Waals surface area (Å²) in [6.07, 6.45) is 0.0473. The molecule has 0 unspecified atom stereocenters. The Balaban J connectivity index is 2.07. The van der Waals surface area contributed by atoms with Crippen molar-refractivity contribution in [2.45, 2.75) is 44.8 Å². The fraction of sp³-hybridized carbons (Fsp3) is 0.615. The summed E-state index contributed by atoms with van der Waals surface area (Å²) in [7, 11) is 0. The Hall–Kier alpha value is -1.66. The van der Waals surface area contributed by atoms with E-state index in [9.17, 15) is 18.0 Å². The van der Waals surface area contributed by atoms with Gasteiger partial charge < -0.3 is 5.32 Å². The molecule has 1 aromatic rings. The van der Waals surface area contributed by atoms with Crippen LogP contribution < -0.4 is 5.32 Å². The molecule has 0 radical (unpaired) electrons. The van der Waals surface area contributed by atoms with Crippen LogP contribution in [0, 0.1) is 12.8 Å². The second-order valence-electron chi connectivity index (χ2n) is 5.06. The number of aryl methyl sites for hydroxylation is 1. The molecule has 1 amide bonds. The lowest BCUT2D eigenvalue weighted by molar-refractivity contribution is -0.187. The van der Waals surface area contributed by atoms with Crippen molar-refractivity contribution in [3.63, 3.8) is 0 Å². The van der Waals surface area contributed by atoms with E-state index in [0.717, 1.165) is 0 Å². The zero-order valence-corrected chi connectivity index (χ0v) is 11.1. The van der Waals surface area contributed by atoms with Crippen LogP contribution in [0.25, 0.3) is 0 Å². The molecule has 1 aliphatic carbocycles. The van der Waals surface area contributed by atoms with Crippen LogP contribution in [-0.2, 0) is 0 Å². The van der Waals surface area contributed by atoms with Gasteiger partial charge in [0.15, 0.2) is 0 Å². The highest BCUT2D eigenvalue weighted by Crippen LogP contribution is 2.37. The minimum Gasteiger partial charge on any atom is -0.347 e. The first kappa shape index (κ1) is 14.7. The Bertz CT molecular complexity index is 473. The average Bonchev–Trinajstić information content (AvgIpc) is 2.38. The summed E-state index contributed by atoms with van der Waals surface area (Å²) in [5.41, 5.74) is 0.689. The standard InChI is InChI=1S/C13H16F3N3O/c1-8-6-18-11(7-17-8)12(20)19-10-5-3-2-4-9(10)13(14,15)16/h6-7,9-10H,2-5H2,1H3,(H,19,20)/t9-,10-/m1/s1. The first-order valence-electron chi connectivity index (χ1n) is 6.54. The molecule has 110 valence electrons. The third-order valence-corrected chi connectivity index (χ3v) is 3.52. The zero-order valence-electron chi connectivity index (χ0n) is 11.1. The van der Waals surface area contributed by atoms with Crippen molar-refractivity contribution in [3.8, 4) is 0 Å². The molecular weight excluding hydrogens is 271 g/mol. The minimum atomic E-state index is -4.28. The van der Waals surface area contributed by atoms with Crippen molar-refractivity contribution in [1.82, 2.24) is 15.3 Å². The molecule has 2 rings (SSSR count). The van der Waals surface area contributed by atoms with E-state index in [4.69, 9.17) is 0 Å². The van der Waals surface area contributed by atoms with E-state index in [1.165, 1.54) is 12.4 Å². The number of nitrogens with zero attached hydrogens (tertiary/aromatic N) is 2. The second-order valence-corrected chi connectivity index (χ2v) is 5.06. The van der Waals surface area contributed by atoms with Gasteiger partial charge in [0.1, 0.15) is 5.69 Å². The zero-order chi connectivity index (χ0) is 14.8. The molecule has 0 aromatic carbocycles. The van der Waals surface area contributed by atoms with Gasteiger partial charge in [-0.05, 0) is 19.8 Å². The quantitative estimate of drug-likeness (QED) is 0.909. The summed E-state index contributed by atoms with van der Waals surface area (Å²) in [6.45, 7) is 1.72. The molecule has 1 N–H and O–H groups in total. The highest BCUT2D eigenvalue weighted by Gasteiger charge is 2.46. The number of carbonyl (C=O) groups excluding carboxylic acids is 1. The number of amides is 1. The van der Waals surface area contributed by atoms with Gasteiger partial charge in [-0.1, -0.05) is 12.8 Å². The van der Waals surface area contributed by atoms with Crippen molar-refractivity contribution >= 4 is 5.91 Å². The monoisotopic (exact) mass is 287 g/mol. The lowest BCUT2D eigenvalue weighted by Gasteiger charge is -2.33. The largest absolute Gasteiger partial charge is 0.393 e. The van der Waals surface area contributed by atoms with Crippen LogP contribution >= 0.6 is 0 Å².